The molecule has 6 heteroatoms. The van der Waals surface area contributed by atoms with Gasteiger partial charge in [0.1, 0.15) is 11.5 Å². The van der Waals surface area contributed by atoms with E-state index in [0.29, 0.717) is 17.3 Å². The fraction of sp³-hybridized carbons (Fsp3) is 0.100. The zero-order valence-corrected chi connectivity index (χ0v) is 14.5. The highest BCUT2D eigenvalue weighted by Gasteiger charge is 2.13. The number of hydrogen-bond donors (Lipinski definition) is 1. The van der Waals surface area contributed by atoms with Crippen molar-refractivity contribution in [3.8, 4) is 11.3 Å². The van der Waals surface area contributed by atoms with Crippen molar-refractivity contribution in [3.63, 3.8) is 0 Å². The van der Waals surface area contributed by atoms with Crippen LogP contribution in [0, 0.1) is 13.8 Å². The summed E-state index contributed by atoms with van der Waals surface area (Å²) in [4.78, 5) is 25.8. The van der Waals surface area contributed by atoms with Crippen LogP contribution in [0.15, 0.2) is 60.9 Å². The average Bonchev–Trinajstić information content (AvgIpc) is 3.08. The van der Waals surface area contributed by atoms with E-state index in [9.17, 15) is 4.79 Å². The summed E-state index contributed by atoms with van der Waals surface area (Å²) in [5.74, 6) is 0.684. The van der Waals surface area contributed by atoms with Crippen LogP contribution in [0.5, 0.6) is 0 Å². The highest BCUT2D eigenvalue weighted by Crippen LogP contribution is 2.19. The lowest BCUT2D eigenvalue weighted by Gasteiger charge is -2.07. The number of rotatable bonds is 3. The van der Waals surface area contributed by atoms with Crippen molar-refractivity contribution < 1.29 is 4.79 Å². The van der Waals surface area contributed by atoms with Crippen molar-refractivity contribution in [3.05, 3.63) is 77.9 Å². The Morgan fingerprint density at radius 3 is 2.58 bits per heavy atom. The number of fused-ring (bicyclic) bond motifs is 1. The SMILES string of the molecule is Cc1ccc(C)c(C(=O)Nc2ccn3cc(-c4ccccc4)nc3n2)n1. The van der Waals surface area contributed by atoms with Gasteiger partial charge in [-0.05, 0) is 31.5 Å². The van der Waals surface area contributed by atoms with Gasteiger partial charge in [-0.3, -0.25) is 9.20 Å². The van der Waals surface area contributed by atoms with Gasteiger partial charge in [-0.25, -0.2) is 9.97 Å². The maximum atomic E-state index is 12.5. The van der Waals surface area contributed by atoms with E-state index in [-0.39, 0.29) is 5.91 Å². The second-order valence-corrected chi connectivity index (χ2v) is 6.08. The first-order chi connectivity index (χ1) is 12.6. The number of amides is 1. The van der Waals surface area contributed by atoms with Crippen molar-refractivity contribution in [2.45, 2.75) is 13.8 Å². The Morgan fingerprint density at radius 2 is 1.77 bits per heavy atom. The smallest absolute Gasteiger partial charge is 0.275 e. The zero-order chi connectivity index (χ0) is 18.1. The Morgan fingerprint density at radius 1 is 0.962 bits per heavy atom. The predicted octanol–water partition coefficient (Wildman–Crippen LogP) is 3.66. The normalized spacial score (nSPS) is 10.8. The number of aryl methyl sites for hydroxylation is 2. The molecule has 0 unspecified atom stereocenters. The average molecular weight is 343 g/mol. The van der Waals surface area contributed by atoms with Gasteiger partial charge in [-0.15, -0.1) is 0 Å². The van der Waals surface area contributed by atoms with E-state index in [2.05, 4.69) is 20.3 Å². The Balaban J connectivity index is 1.63. The fourth-order valence-electron chi connectivity index (χ4n) is 2.72. The summed E-state index contributed by atoms with van der Waals surface area (Å²) in [5, 5.41) is 2.80. The summed E-state index contributed by atoms with van der Waals surface area (Å²) in [6, 6.07) is 15.4. The van der Waals surface area contributed by atoms with Gasteiger partial charge in [0.15, 0.2) is 0 Å². The molecular weight excluding hydrogens is 326 g/mol. The molecule has 0 fully saturated rings. The fourth-order valence-corrected chi connectivity index (χ4v) is 2.72. The number of hydrogen-bond acceptors (Lipinski definition) is 4. The summed E-state index contributed by atoms with van der Waals surface area (Å²) in [6.45, 7) is 3.72. The van der Waals surface area contributed by atoms with E-state index >= 15 is 0 Å². The van der Waals surface area contributed by atoms with Gasteiger partial charge in [-0.1, -0.05) is 36.4 Å². The molecule has 128 valence electrons. The third kappa shape index (κ3) is 3.04. The van der Waals surface area contributed by atoms with E-state index in [1.165, 1.54) is 0 Å². The Hall–Kier alpha value is -3.54. The number of aromatic nitrogens is 4. The summed E-state index contributed by atoms with van der Waals surface area (Å²) in [6.07, 6.45) is 3.74. The number of nitrogens with zero attached hydrogens (tertiary/aromatic N) is 4. The maximum Gasteiger partial charge on any atom is 0.275 e. The first kappa shape index (κ1) is 16.0. The molecule has 1 aromatic carbocycles. The predicted molar refractivity (Wildman–Crippen MR) is 100 cm³/mol. The lowest BCUT2D eigenvalue weighted by molar-refractivity contribution is 0.102. The van der Waals surface area contributed by atoms with E-state index in [0.717, 1.165) is 22.5 Å². The van der Waals surface area contributed by atoms with Gasteiger partial charge < -0.3 is 5.32 Å². The molecule has 0 aliphatic rings. The number of nitrogens with one attached hydrogen (secondary N) is 1. The topological polar surface area (TPSA) is 72.2 Å². The van der Waals surface area contributed by atoms with Gasteiger partial charge in [0.2, 0.25) is 5.78 Å². The van der Waals surface area contributed by atoms with Crippen LogP contribution in [0.25, 0.3) is 17.0 Å². The summed E-state index contributed by atoms with van der Waals surface area (Å²) in [5.41, 5.74) is 3.87. The van der Waals surface area contributed by atoms with Crippen molar-refractivity contribution in [2.24, 2.45) is 0 Å². The van der Waals surface area contributed by atoms with Gasteiger partial charge in [0.05, 0.1) is 5.69 Å². The third-order valence-electron chi connectivity index (χ3n) is 4.09. The molecule has 3 heterocycles. The van der Waals surface area contributed by atoms with Crippen molar-refractivity contribution in [1.82, 2.24) is 19.4 Å². The molecule has 4 aromatic rings. The molecule has 0 atom stereocenters. The first-order valence-electron chi connectivity index (χ1n) is 8.27. The van der Waals surface area contributed by atoms with E-state index < -0.39 is 0 Å². The lowest BCUT2D eigenvalue weighted by atomic mass is 10.2. The van der Waals surface area contributed by atoms with Crippen LogP contribution >= 0.6 is 0 Å². The second kappa shape index (κ2) is 6.40. The molecule has 1 N–H and O–H groups in total. The maximum absolute atomic E-state index is 12.5. The summed E-state index contributed by atoms with van der Waals surface area (Å²) >= 11 is 0. The monoisotopic (exact) mass is 343 g/mol. The summed E-state index contributed by atoms with van der Waals surface area (Å²) in [7, 11) is 0. The van der Waals surface area contributed by atoms with Crippen LogP contribution < -0.4 is 5.32 Å². The van der Waals surface area contributed by atoms with Gasteiger partial charge in [0, 0.05) is 23.7 Å². The van der Waals surface area contributed by atoms with Gasteiger partial charge >= 0.3 is 0 Å². The van der Waals surface area contributed by atoms with Crippen molar-refractivity contribution in [2.75, 3.05) is 5.32 Å². The number of pyridine rings is 1. The molecule has 0 aliphatic carbocycles. The first-order valence-corrected chi connectivity index (χ1v) is 8.27. The molecule has 0 radical (unpaired) electrons. The Kier molecular flexibility index (Phi) is 3.93. The highest BCUT2D eigenvalue weighted by molar-refractivity contribution is 6.03. The van der Waals surface area contributed by atoms with Gasteiger partial charge in [-0.2, -0.15) is 4.98 Å². The number of carbonyl (C=O) groups is 1. The molecule has 1 amide bonds. The molecule has 0 aliphatic heterocycles. The van der Waals surface area contributed by atoms with Gasteiger partial charge in [0.25, 0.3) is 5.91 Å². The number of anilines is 1. The molecule has 0 saturated heterocycles. The molecule has 4 rings (SSSR count). The highest BCUT2D eigenvalue weighted by atomic mass is 16.1. The minimum absolute atomic E-state index is 0.280. The van der Waals surface area contributed by atoms with Crippen LogP contribution in [0.3, 0.4) is 0 Å². The molecule has 6 nitrogen and oxygen atoms in total. The van der Waals surface area contributed by atoms with Crippen LogP contribution in [-0.4, -0.2) is 25.3 Å². The molecular formula is C20H17N5O. The van der Waals surface area contributed by atoms with Crippen LogP contribution in [-0.2, 0) is 0 Å². The quantitative estimate of drug-likeness (QED) is 0.616. The minimum atomic E-state index is -0.280. The zero-order valence-electron chi connectivity index (χ0n) is 14.5. The molecule has 26 heavy (non-hydrogen) atoms. The largest absolute Gasteiger partial charge is 0.305 e. The van der Waals surface area contributed by atoms with Crippen molar-refractivity contribution in [1.29, 1.82) is 0 Å². The standard InChI is InChI=1S/C20H17N5O/c1-13-8-9-14(2)21-18(13)19(26)23-17-10-11-25-12-16(22-20(25)24-17)15-6-4-3-5-7-15/h3-12H,1-2H3,(H,22,23,24,26). The molecule has 0 spiro atoms. The molecule has 3 aromatic heterocycles. The third-order valence-corrected chi connectivity index (χ3v) is 4.09. The Bertz CT molecular complexity index is 1100. The number of benzene rings is 1. The second-order valence-electron chi connectivity index (χ2n) is 6.08. The van der Waals surface area contributed by atoms with E-state index in [1.54, 1.807) is 6.07 Å². The van der Waals surface area contributed by atoms with Crippen molar-refractivity contribution >= 4 is 17.5 Å². The van der Waals surface area contributed by atoms with Crippen LogP contribution in [0.1, 0.15) is 21.7 Å². The Labute approximate surface area is 150 Å². The molecule has 0 saturated carbocycles. The lowest BCUT2D eigenvalue weighted by Crippen LogP contribution is -2.16. The van der Waals surface area contributed by atoms with E-state index in [1.807, 2.05) is 73.1 Å². The van der Waals surface area contributed by atoms with E-state index in [4.69, 9.17) is 0 Å². The number of imidazole rings is 1. The molecule has 0 bridgehead atoms. The minimum Gasteiger partial charge on any atom is -0.305 e. The number of carbonyl (C=O) groups excluding carboxylic acids is 1. The van der Waals surface area contributed by atoms with Crippen LogP contribution in [0.4, 0.5) is 5.82 Å². The van der Waals surface area contributed by atoms with Crippen LogP contribution in [0.2, 0.25) is 0 Å². The summed E-state index contributed by atoms with van der Waals surface area (Å²) < 4.78 is 1.83.